The first kappa shape index (κ1) is 10.4. The molecule has 0 aliphatic heterocycles. The fraction of sp³-hybridized carbons (Fsp3) is 0.0909. The fourth-order valence-electron chi connectivity index (χ4n) is 1.27. The van der Waals surface area contributed by atoms with E-state index < -0.39 is 10.8 Å². The zero-order chi connectivity index (χ0) is 10.7. The van der Waals surface area contributed by atoms with Gasteiger partial charge in [0, 0.05) is 5.69 Å². The van der Waals surface area contributed by atoms with Gasteiger partial charge in [0.15, 0.2) is 0 Å². The summed E-state index contributed by atoms with van der Waals surface area (Å²) in [5, 5.41) is 1.93. The molecule has 0 bridgehead atoms. The lowest BCUT2D eigenvalue weighted by molar-refractivity contribution is 0.684. The van der Waals surface area contributed by atoms with Gasteiger partial charge >= 0.3 is 0 Å². The van der Waals surface area contributed by atoms with Gasteiger partial charge in [-0.05, 0) is 23.1 Å². The van der Waals surface area contributed by atoms with Gasteiger partial charge in [-0.1, -0.05) is 24.3 Å². The molecule has 0 spiro atoms. The lowest BCUT2D eigenvalue weighted by atomic mass is 10.2. The van der Waals surface area contributed by atoms with Crippen molar-refractivity contribution in [1.29, 1.82) is 0 Å². The highest BCUT2D eigenvalue weighted by atomic mass is 32.2. The molecule has 0 aliphatic rings. The van der Waals surface area contributed by atoms with Crippen molar-refractivity contribution in [3.63, 3.8) is 0 Å². The lowest BCUT2D eigenvalue weighted by Gasteiger charge is -2.03. The molecule has 0 saturated carbocycles. The largest absolute Gasteiger partial charge is 0.398 e. The molecule has 2 N–H and O–H groups in total. The number of para-hydroxylation sites is 1. The van der Waals surface area contributed by atoms with Gasteiger partial charge in [-0.25, -0.2) is 0 Å². The van der Waals surface area contributed by atoms with Gasteiger partial charge < -0.3 is 5.73 Å². The summed E-state index contributed by atoms with van der Waals surface area (Å²) in [6, 6.07) is 11.3. The molecule has 0 amide bonds. The van der Waals surface area contributed by atoms with Gasteiger partial charge in [0.05, 0.1) is 20.8 Å². The minimum atomic E-state index is -0.975. The molecule has 1 aromatic heterocycles. The first-order valence-electron chi connectivity index (χ1n) is 4.52. The molecule has 0 radical (unpaired) electrons. The summed E-state index contributed by atoms with van der Waals surface area (Å²) in [5.41, 5.74) is 7.45. The van der Waals surface area contributed by atoms with Gasteiger partial charge in [0.1, 0.15) is 0 Å². The van der Waals surface area contributed by atoms with E-state index in [2.05, 4.69) is 0 Å². The van der Waals surface area contributed by atoms with Gasteiger partial charge in [-0.15, -0.1) is 11.3 Å². The van der Waals surface area contributed by atoms with Crippen LogP contribution in [0.4, 0.5) is 5.69 Å². The normalized spacial score (nSPS) is 12.5. The number of rotatable bonds is 3. The Balaban J connectivity index is 2.17. The van der Waals surface area contributed by atoms with E-state index in [1.54, 1.807) is 0 Å². The molecule has 2 rings (SSSR count). The molecule has 15 heavy (non-hydrogen) atoms. The van der Waals surface area contributed by atoms with Gasteiger partial charge in [-0.2, -0.15) is 0 Å². The zero-order valence-corrected chi connectivity index (χ0v) is 9.68. The van der Waals surface area contributed by atoms with Crippen molar-refractivity contribution in [2.75, 3.05) is 5.73 Å². The predicted octanol–water partition coefficient (Wildman–Crippen LogP) is 2.64. The van der Waals surface area contributed by atoms with E-state index in [1.807, 2.05) is 41.8 Å². The molecular weight excluding hydrogens is 226 g/mol. The number of hydrogen-bond acceptors (Lipinski definition) is 3. The summed E-state index contributed by atoms with van der Waals surface area (Å²) in [7, 11) is -0.975. The maximum Gasteiger partial charge on any atom is 0.0913 e. The van der Waals surface area contributed by atoms with Crippen molar-refractivity contribution in [2.45, 2.75) is 9.96 Å². The average Bonchev–Trinajstić information content (AvgIpc) is 2.74. The number of nitrogens with two attached hydrogens (primary N) is 1. The fourth-order valence-corrected chi connectivity index (χ4v) is 3.41. The van der Waals surface area contributed by atoms with Gasteiger partial charge in [-0.3, -0.25) is 4.21 Å². The Kier molecular flexibility index (Phi) is 3.18. The van der Waals surface area contributed by atoms with Crippen molar-refractivity contribution in [1.82, 2.24) is 0 Å². The third-order valence-electron chi connectivity index (χ3n) is 2.06. The summed E-state index contributed by atoms with van der Waals surface area (Å²) in [6.07, 6.45) is 0. The van der Waals surface area contributed by atoms with E-state index in [9.17, 15) is 4.21 Å². The van der Waals surface area contributed by atoms with Crippen LogP contribution in [0, 0.1) is 0 Å². The van der Waals surface area contributed by atoms with E-state index in [0.717, 1.165) is 9.77 Å². The third kappa shape index (κ3) is 2.46. The van der Waals surface area contributed by atoms with Gasteiger partial charge in [0.25, 0.3) is 0 Å². The number of hydrogen-bond donors (Lipinski definition) is 1. The topological polar surface area (TPSA) is 43.1 Å². The second kappa shape index (κ2) is 4.59. The van der Waals surface area contributed by atoms with Crippen LogP contribution in [0.2, 0.25) is 0 Å². The van der Waals surface area contributed by atoms with Crippen molar-refractivity contribution in [3.8, 4) is 0 Å². The highest BCUT2D eigenvalue weighted by Gasteiger charge is 2.07. The Morgan fingerprint density at radius 1 is 1.20 bits per heavy atom. The minimum Gasteiger partial charge on any atom is -0.398 e. The maximum absolute atomic E-state index is 11.9. The maximum atomic E-state index is 11.9. The van der Waals surface area contributed by atoms with E-state index >= 15 is 0 Å². The molecule has 78 valence electrons. The van der Waals surface area contributed by atoms with Crippen LogP contribution in [0.25, 0.3) is 0 Å². The quantitative estimate of drug-likeness (QED) is 0.834. The zero-order valence-electron chi connectivity index (χ0n) is 8.05. The Morgan fingerprint density at radius 3 is 2.67 bits per heavy atom. The Bertz CT molecular complexity index is 465. The molecule has 2 nitrogen and oxygen atoms in total. The number of anilines is 1. The van der Waals surface area contributed by atoms with Gasteiger partial charge in [0.2, 0.25) is 0 Å². The van der Waals surface area contributed by atoms with Crippen LogP contribution >= 0.6 is 11.3 Å². The second-order valence-corrected chi connectivity index (χ2v) is 5.75. The SMILES string of the molecule is Nc1ccccc1CS(=O)c1cccs1. The molecular formula is C11H11NOS2. The summed E-state index contributed by atoms with van der Waals surface area (Å²) in [5.74, 6) is 0.493. The van der Waals surface area contributed by atoms with E-state index in [4.69, 9.17) is 5.73 Å². The Hall–Kier alpha value is -1.13. The molecule has 1 atom stereocenters. The molecule has 1 heterocycles. The third-order valence-corrected chi connectivity index (χ3v) is 4.73. The van der Waals surface area contributed by atoms with Crippen LogP contribution in [0.1, 0.15) is 5.56 Å². The van der Waals surface area contributed by atoms with Crippen molar-refractivity contribution in [3.05, 3.63) is 47.3 Å². The molecule has 1 aromatic carbocycles. The summed E-state index contributed by atoms with van der Waals surface area (Å²) >= 11 is 1.52. The van der Waals surface area contributed by atoms with Crippen LogP contribution in [0.5, 0.6) is 0 Å². The lowest BCUT2D eigenvalue weighted by Crippen LogP contribution is -1.98. The van der Waals surface area contributed by atoms with Crippen LogP contribution in [0.15, 0.2) is 46.0 Å². The molecule has 0 aliphatic carbocycles. The van der Waals surface area contributed by atoms with E-state index in [-0.39, 0.29) is 0 Å². The molecule has 1 unspecified atom stereocenters. The molecule has 2 aromatic rings. The van der Waals surface area contributed by atoms with Crippen LogP contribution in [-0.2, 0) is 16.6 Å². The smallest absolute Gasteiger partial charge is 0.0913 e. The predicted molar refractivity (Wildman–Crippen MR) is 65.3 cm³/mol. The second-order valence-electron chi connectivity index (χ2n) is 3.12. The summed E-state index contributed by atoms with van der Waals surface area (Å²) in [4.78, 5) is 0. The summed E-state index contributed by atoms with van der Waals surface area (Å²) in [6.45, 7) is 0. The standard InChI is InChI=1S/C11H11NOS2/c12-10-5-2-1-4-9(10)8-15(13)11-6-3-7-14-11/h1-7H,8,12H2. The highest BCUT2D eigenvalue weighted by Crippen LogP contribution is 2.20. The van der Waals surface area contributed by atoms with Crippen LogP contribution in [-0.4, -0.2) is 4.21 Å². The molecule has 4 heteroatoms. The van der Waals surface area contributed by atoms with E-state index in [1.165, 1.54) is 11.3 Å². The number of nitrogen functional groups attached to an aromatic ring is 1. The summed E-state index contributed by atoms with van der Waals surface area (Å²) < 4.78 is 12.8. The molecule has 0 fully saturated rings. The number of benzene rings is 1. The van der Waals surface area contributed by atoms with Crippen LogP contribution in [0.3, 0.4) is 0 Å². The first-order valence-corrected chi connectivity index (χ1v) is 6.72. The first-order chi connectivity index (χ1) is 7.27. The average molecular weight is 237 g/mol. The Morgan fingerprint density at radius 2 is 2.00 bits per heavy atom. The van der Waals surface area contributed by atoms with Crippen LogP contribution < -0.4 is 5.73 Å². The van der Waals surface area contributed by atoms with E-state index in [0.29, 0.717) is 11.4 Å². The monoisotopic (exact) mass is 237 g/mol. The minimum absolute atomic E-state index is 0.493. The van der Waals surface area contributed by atoms with Crippen molar-refractivity contribution >= 4 is 27.8 Å². The van der Waals surface area contributed by atoms with Crippen molar-refractivity contribution in [2.24, 2.45) is 0 Å². The highest BCUT2D eigenvalue weighted by molar-refractivity contribution is 7.86. The Labute approximate surface area is 95.2 Å². The molecule has 0 saturated heterocycles. The van der Waals surface area contributed by atoms with Crippen molar-refractivity contribution < 1.29 is 4.21 Å². The number of thiophene rings is 1.